The maximum Gasteiger partial charge on any atom is 0.323 e. The van der Waals surface area contributed by atoms with E-state index < -0.39 is 11.5 Å². The number of rotatable bonds is 7. The fourth-order valence-electron chi connectivity index (χ4n) is 3.03. The number of carboxylic acids is 1. The van der Waals surface area contributed by atoms with Gasteiger partial charge in [0.05, 0.1) is 0 Å². The number of nitrogens with zero attached hydrogens (tertiary/aromatic N) is 1. The second-order valence-corrected chi connectivity index (χ2v) is 6.50. The fourth-order valence-corrected chi connectivity index (χ4v) is 3.03. The number of ether oxygens (including phenoxy) is 1. The van der Waals surface area contributed by atoms with Crippen LogP contribution in [-0.4, -0.2) is 59.9 Å². The zero-order valence-corrected chi connectivity index (χ0v) is 13.5. The fraction of sp³-hybridized carbons (Fsp3) is 0.933. The van der Waals surface area contributed by atoms with Gasteiger partial charge in [-0.3, -0.25) is 10.1 Å². The average Bonchev–Trinajstić information content (AvgIpc) is 2.37. The predicted molar refractivity (Wildman–Crippen MR) is 80.0 cm³/mol. The molecular weight excluding hydrogens is 256 g/mol. The van der Waals surface area contributed by atoms with Gasteiger partial charge < -0.3 is 14.7 Å². The van der Waals surface area contributed by atoms with Gasteiger partial charge in [0.2, 0.25) is 0 Å². The minimum Gasteiger partial charge on any atom is -0.480 e. The molecule has 1 aliphatic rings. The molecule has 5 heteroatoms. The monoisotopic (exact) mass is 286 g/mol. The minimum absolute atomic E-state index is 0.150. The summed E-state index contributed by atoms with van der Waals surface area (Å²) in [5, 5.41) is 12.7. The maximum absolute atomic E-state index is 11.6. The van der Waals surface area contributed by atoms with Crippen LogP contribution in [0.2, 0.25) is 0 Å². The summed E-state index contributed by atoms with van der Waals surface area (Å²) >= 11 is 0. The smallest absolute Gasteiger partial charge is 0.323 e. The van der Waals surface area contributed by atoms with Gasteiger partial charge in [-0.25, -0.2) is 0 Å². The summed E-state index contributed by atoms with van der Waals surface area (Å²) in [5.74, 6) is -0.779. The molecule has 20 heavy (non-hydrogen) atoms. The Morgan fingerprint density at radius 2 is 1.95 bits per heavy atom. The summed E-state index contributed by atoms with van der Waals surface area (Å²) in [6, 6.07) is 0.859. The molecule has 0 bridgehead atoms. The average molecular weight is 286 g/mol. The summed E-state index contributed by atoms with van der Waals surface area (Å²) in [6.07, 6.45) is 2.65. The molecule has 0 spiro atoms. The molecule has 1 rings (SSSR count). The molecule has 5 nitrogen and oxygen atoms in total. The van der Waals surface area contributed by atoms with Gasteiger partial charge in [-0.15, -0.1) is 0 Å². The molecule has 1 aliphatic heterocycles. The number of nitrogens with one attached hydrogen (secondary N) is 1. The van der Waals surface area contributed by atoms with Gasteiger partial charge in [-0.2, -0.15) is 0 Å². The third-order valence-electron chi connectivity index (χ3n) is 4.24. The van der Waals surface area contributed by atoms with Crippen LogP contribution in [0, 0.1) is 0 Å². The van der Waals surface area contributed by atoms with Crippen molar-refractivity contribution in [3.8, 4) is 0 Å². The molecule has 2 N–H and O–H groups in total. The van der Waals surface area contributed by atoms with E-state index >= 15 is 0 Å². The summed E-state index contributed by atoms with van der Waals surface area (Å²) in [4.78, 5) is 13.9. The number of aliphatic carboxylic acids is 1. The van der Waals surface area contributed by atoms with Gasteiger partial charge in [-0.1, -0.05) is 0 Å². The Balaban J connectivity index is 2.64. The lowest BCUT2D eigenvalue weighted by atomic mass is 9.91. The Kier molecular flexibility index (Phi) is 6.43. The lowest BCUT2D eigenvalue weighted by Crippen LogP contribution is -2.56. The highest BCUT2D eigenvalue weighted by Gasteiger charge is 2.37. The second kappa shape index (κ2) is 7.38. The van der Waals surface area contributed by atoms with Gasteiger partial charge in [0.25, 0.3) is 0 Å². The molecule has 1 fully saturated rings. The number of hydrogen-bond acceptors (Lipinski definition) is 4. The molecular formula is C15H30N2O3. The van der Waals surface area contributed by atoms with Gasteiger partial charge in [-0.05, 0) is 54.0 Å². The largest absolute Gasteiger partial charge is 0.480 e. The summed E-state index contributed by atoms with van der Waals surface area (Å²) in [6.45, 7) is 9.47. The minimum atomic E-state index is -0.882. The van der Waals surface area contributed by atoms with Crippen molar-refractivity contribution in [1.82, 2.24) is 10.2 Å². The zero-order chi connectivity index (χ0) is 15.3. The molecule has 0 aromatic rings. The first-order valence-corrected chi connectivity index (χ1v) is 7.57. The van der Waals surface area contributed by atoms with Crippen molar-refractivity contribution in [3.63, 3.8) is 0 Å². The molecule has 0 aliphatic carbocycles. The topological polar surface area (TPSA) is 61.8 Å². The molecule has 2 atom stereocenters. The van der Waals surface area contributed by atoms with Crippen LogP contribution in [-0.2, 0) is 9.53 Å². The van der Waals surface area contributed by atoms with Crippen LogP contribution in [0.3, 0.4) is 0 Å². The van der Waals surface area contributed by atoms with E-state index in [-0.39, 0.29) is 12.1 Å². The number of carbonyl (C=O) groups is 1. The summed E-state index contributed by atoms with van der Waals surface area (Å²) in [5.41, 5.74) is -0.882. The highest BCUT2D eigenvalue weighted by molar-refractivity contribution is 5.78. The predicted octanol–water partition coefficient (Wildman–Crippen LogP) is 1.72. The van der Waals surface area contributed by atoms with E-state index in [4.69, 9.17) is 4.74 Å². The van der Waals surface area contributed by atoms with Crippen molar-refractivity contribution in [3.05, 3.63) is 0 Å². The van der Waals surface area contributed by atoms with Crippen molar-refractivity contribution in [2.45, 2.75) is 70.6 Å². The van der Waals surface area contributed by atoms with Crippen LogP contribution in [0.5, 0.6) is 0 Å². The lowest BCUT2D eigenvalue weighted by molar-refractivity contribution is -0.145. The third-order valence-corrected chi connectivity index (χ3v) is 4.24. The van der Waals surface area contributed by atoms with Gasteiger partial charge in [0.1, 0.15) is 5.54 Å². The van der Waals surface area contributed by atoms with Gasteiger partial charge >= 0.3 is 5.97 Å². The lowest BCUT2D eigenvalue weighted by Gasteiger charge is -2.39. The molecule has 0 saturated carbocycles. The van der Waals surface area contributed by atoms with Crippen LogP contribution >= 0.6 is 0 Å². The van der Waals surface area contributed by atoms with E-state index in [1.807, 2.05) is 13.8 Å². The highest BCUT2D eigenvalue weighted by Crippen LogP contribution is 2.22. The van der Waals surface area contributed by atoms with E-state index in [0.29, 0.717) is 12.5 Å². The summed E-state index contributed by atoms with van der Waals surface area (Å²) in [7, 11) is 2.10. The molecule has 0 aromatic carbocycles. The molecule has 1 saturated heterocycles. The first-order chi connectivity index (χ1) is 9.26. The van der Waals surface area contributed by atoms with Crippen molar-refractivity contribution >= 4 is 5.97 Å². The van der Waals surface area contributed by atoms with Crippen LogP contribution in [0.1, 0.15) is 47.0 Å². The van der Waals surface area contributed by atoms with Crippen LogP contribution in [0.4, 0.5) is 0 Å². The molecule has 0 amide bonds. The first kappa shape index (κ1) is 17.4. The quantitative estimate of drug-likeness (QED) is 0.746. The van der Waals surface area contributed by atoms with Gasteiger partial charge in [0.15, 0.2) is 0 Å². The second-order valence-electron chi connectivity index (χ2n) is 6.50. The van der Waals surface area contributed by atoms with E-state index in [9.17, 15) is 9.90 Å². The van der Waals surface area contributed by atoms with E-state index in [2.05, 4.69) is 24.2 Å². The van der Waals surface area contributed by atoms with Crippen LogP contribution in [0.25, 0.3) is 0 Å². The normalized spacial score (nSPS) is 21.9. The Morgan fingerprint density at radius 3 is 2.40 bits per heavy atom. The van der Waals surface area contributed by atoms with Crippen LogP contribution in [0.15, 0.2) is 0 Å². The summed E-state index contributed by atoms with van der Waals surface area (Å²) < 4.78 is 5.39. The highest BCUT2D eigenvalue weighted by atomic mass is 16.5. The van der Waals surface area contributed by atoms with Gasteiger partial charge in [0, 0.05) is 31.3 Å². The standard InChI is InChI=1S/C15H30N2O3/c1-11(2)16-15(4,14(18)19)10-12(3)17(5)13-6-8-20-9-7-13/h11-13,16H,6-10H2,1-5H3,(H,18,19). The molecule has 1 heterocycles. The van der Waals surface area contributed by atoms with Crippen molar-refractivity contribution in [2.24, 2.45) is 0 Å². The van der Waals surface area contributed by atoms with Crippen molar-refractivity contribution in [1.29, 1.82) is 0 Å². The van der Waals surface area contributed by atoms with Crippen molar-refractivity contribution < 1.29 is 14.6 Å². The number of hydrogen-bond donors (Lipinski definition) is 2. The Hall–Kier alpha value is -0.650. The third kappa shape index (κ3) is 4.72. The number of carboxylic acid groups (broad SMARTS) is 1. The molecule has 0 radical (unpaired) electrons. The Morgan fingerprint density at radius 1 is 1.40 bits per heavy atom. The Labute approximate surface area is 122 Å². The zero-order valence-electron chi connectivity index (χ0n) is 13.5. The first-order valence-electron chi connectivity index (χ1n) is 7.57. The Bertz CT molecular complexity index is 316. The maximum atomic E-state index is 11.6. The van der Waals surface area contributed by atoms with E-state index in [1.165, 1.54) is 0 Å². The molecule has 0 aromatic heterocycles. The molecule has 2 unspecified atom stereocenters. The van der Waals surface area contributed by atoms with Crippen LogP contribution < -0.4 is 5.32 Å². The van der Waals surface area contributed by atoms with E-state index in [1.54, 1.807) is 6.92 Å². The molecule has 118 valence electrons. The SMILES string of the molecule is CC(C)NC(C)(CC(C)N(C)C1CCOCC1)C(=O)O. The van der Waals surface area contributed by atoms with E-state index in [0.717, 1.165) is 26.1 Å². The van der Waals surface area contributed by atoms with Crippen molar-refractivity contribution in [2.75, 3.05) is 20.3 Å².